The van der Waals surface area contributed by atoms with Crippen molar-refractivity contribution in [2.24, 2.45) is 0 Å². The maximum Gasteiger partial charge on any atom is 0.159 e. The van der Waals surface area contributed by atoms with Crippen LogP contribution in [0, 0.1) is 6.92 Å². The molecule has 2 aromatic heterocycles. The van der Waals surface area contributed by atoms with Crippen molar-refractivity contribution in [2.45, 2.75) is 20.4 Å². The highest BCUT2D eigenvalue weighted by atomic mass is 15.1. The minimum absolute atomic E-state index is 0.517. The van der Waals surface area contributed by atoms with Gasteiger partial charge in [-0.15, -0.1) is 0 Å². The number of anilines is 1. The molecule has 0 amide bonds. The van der Waals surface area contributed by atoms with Gasteiger partial charge in [-0.3, -0.25) is 0 Å². The van der Waals surface area contributed by atoms with Gasteiger partial charge in [-0.05, 0) is 43.7 Å². The van der Waals surface area contributed by atoms with Crippen molar-refractivity contribution >= 4 is 16.9 Å². The molecule has 0 aliphatic heterocycles. The maximum absolute atomic E-state index is 5.76. The van der Waals surface area contributed by atoms with Crippen LogP contribution in [-0.2, 0) is 6.54 Å². The highest BCUT2D eigenvalue weighted by molar-refractivity contribution is 5.80. The summed E-state index contributed by atoms with van der Waals surface area (Å²) in [6, 6.07) is 11.9. The Hall–Kier alpha value is -2.36. The molecule has 2 N–H and O–H groups in total. The van der Waals surface area contributed by atoms with Gasteiger partial charge in [-0.25, -0.2) is 9.97 Å². The number of nitrogens with zero attached hydrogens (tertiary/aromatic N) is 3. The van der Waals surface area contributed by atoms with E-state index in [4.69, 9.17) is 10.7 Å². The lowest BCUT2D eigenvalue weighted by Crippen LogP contribution is -2.00. The van der Waals surface area contributed by atoms with Crippen LogP contribution in [0.1, 0.15) is 12.5 Å². The minimum atomic E-state index is 0.517. The smallest absolute Gasteiger partial charge is 0.159 e. The highest BCUT2D eigenvalue weighted by Crippen LogP contribution is 2.24. The molecule has 3 aromatic rings. The van der Waals surface area contributed by atoms with Crippen molar-refractivity contribution < 1.29 is 0 Å². The van der Waals surface area contributed by atoms with Gasteiger partial charge < -0.3 is 10.3 Å². The molecule has 4 heteroatoms. The van der Waals surface area contributed by atoms with Crippen LogP contribution in [0.15, 0.2) is 36.4 Å². The van der Waals surface area contributed by atoms with Crippen LogP contribution in [0.3, 0.4) is 0 Å². The van der Waals surface area contributed by atoms with Crippen LogP contribution >= 0.6 is 0 Å². The van der Waals surface area contributed by atoms with E-state index < -0.39 is 0 Å². The van der Waals surface area contributed by atoms with Crippen LogP contribution in [0.5, 0.6) is 0 Å². The van der Waals surface area contributed by atoms with E-state index >= 15 is 0 Å². The fraction of sp³-hybridized carbons (Fsp3) is 0.200. The molecule has 0 atom stereocenters. The molecule has 1 aromatic carbocycles. The molecular formula is C15H16N4. The van der Waals surface area contributed by atoms with E-state index in [-0.39, 0.29) is 0 Å². The zero-order valence-electron chi connectivity index (χ0n) is 11.1. The highest BCUT2D eigenvalue weighted by Gasteiger charge is 2.12. The lowest BCUT2D eigenvalue weighted by molar-refractivity contribution is 0.793. The van der Waals surface area contributed by atoms with Gasteiger partial charge in [0.15, 0.2) is 5.82 Å². The summed E-state index contributed by atoms with van der Waals surface area (Å²) in [4.78, 5) is 9.06. The number of nitrogens with two attached hydrogens (primary N) is 1. The zero-order valence-corrected chi connectivity index (χ0v) is 11.1. The Balaban J connectivity index is 2.28. The summed E-state index contributed by atoms with van der Waals surface area (Å²) in [5.41, 5.74) is 9.91. The van der Waals surface area contributed by atoms with Gasteiger partial charge in [-0.1, -0.05) is 12.1 Å². The molecule has 4 nitrogen and oxygen atoms in total. The fourth-order valence-corrected chi connectivity index (χ4v) is 2.33. The number of hydrogen-bond acceptors (Lipinski definition) is 3. The summed E-state index contributed by atoms with van der Waals surface area (Å²) in [5.74, 6) is 1.39. The lowest BCUT2D eigenvalue weighted by Gasteiger charge is -2.05. The molecule has 19 heavy (non-hydrogen) atoms. The van der Waals surface area contributed by atoms with E-state index in [1.54, 1.807) is 6.07 Å². The lowest BCUT2D eigenvalue weighted by atomic mass is 10.2. The fourth-order valence-electron chi connectivity index (χ4n) is 2.33. The standard InChI is InChI=1S/C15H16N4/c1-3-19-13-8-7-10(2)9-12(13)18-15(19)11-5-4-6-14(16)17-11/h4-9H,3H2,1-2H3,(H2,16,17). The molecule has 0 spiro atoms. The monoisotopic (exact) mass is 252 g/mol. The van der Waals surface area contributed by atoms with E-state index in [0.29, 0.717) is 5.82 Å². The molecule has 0 radical (unpaired) electrons. The van der Waals surface area contributed by atoms with E-state index in [9.17, 15) is 0 Å². The summed E-state index contributed by atoms with van der Waals surface area (Å²) >= 11 is 0. The first kappa shape index (κ1) is 11.7. The molecule has 0 fully saturated rings. The number of rotatable bonds is 2. The Labute approximate surface area is 111 Å². The summed E-state index contributed by atoms with van der Waals surface area (Å²) in [7, 11) is 0. The summed E-state index contributed by atoms with van der Waals surface area (Å²) in [5, 5.41) is 0. The minimum Gasteiger partial charge on any atom is -0.384 e. The van der Waals surface area contributed by atoms with Crippen LogP contribution in [0.4, 0.5) is 5.82 Å². The molecule has 0 saturated heterocycles. The second kappa shape index (κ2) is 4.39. The molecule has 3 rings (SSSR count). The Morgan fingerprint density at radius 1 is 1.16 bits per heavy atom. The Morgan fingerprint density at radius 2 is 2.00 bits per heavy atom. The second-order valence-corrected chi connectivity index (χ2v) is 4.62. The van der Waals surface area contributed by atoms with Gasteiger partial charge in [0.2, 0.25) is 0 Å². The topological polar surface area (TPSA) is 56.7 Å². The number of pyridine rings is 1. The molecule has 0 saturated carbocycles. The van der Waals surface area contributed by atoms with Gasteiger partial charge in [0.05, 0.1) is 11.0 Å². The SMILES string of the molecule is CCn1c(-c2cccc(N)n2)nc2cc(C)ccc21. The predicted octanol–water partition coefficient (Wildman–Crippen LogP) is 3.01. The summed E-state index contributed by atoms with van der Waals surface area (Å²) in [6.07, 6.45) is 0. The van der Waals surface area contributed by atoms with Crippen LogP contribution in [-0.4, -0.2) is 14.5 Å². The van der Waals surface area contributed by atoms with E-state index in [2.05, 4.69) is 41.6 Å². The van der Waals surface area contributed by atoms with E-state index in [0.717, 1.165) is 29.1 Å². The molecule has 0 aliphatic carbocycles. The van der Waals surface area contributed by atoms with Gasteiger partial charge in [-0.2, -0.15) is 0 Å². The van der Waals surface area contributed by atoms with Gasteiger partial charge >= 0.3 is 0 Å². The van der Waals surface area contributed by atoms with Gasteiger partial charge in [0, 0.05) is 6.54 Å². The Morgan fingerprint density at radius 3 is 2.74 bits per heavy atom. The number of nitrogen functional groups attached to an aromatic ring is 1. The number of imidazole rings is 1. The normalized spacial score (nSPS) is 11.1. The van der Waals surface area contributed by atoms with Crippen molar-refractivity contribution in [2.75, 3.05) is 5.73 Å². The average molecular weight is 252 g/mol. The number of fused-ring (bicyclic) bond motifs is 1. The molecular weight excluding hydrogens is 236 g/mol. The van der Waals surface area contributed by atoms with Crippen molar-refractivity contribution in [1.29, 1.82) is 0 Å². The first-order valence-electron chi connectivity index (χ1n) is 6.39. The molecule has 0 aliphatic rings. The van der Waals surface area contributed by atoms with Crippen LogP contribution in [0.2, 0.25) is 0 Å². The van der Waals surface area contributed by atoms with Crippen molar-refractivity contribution in [3.8, 4) is 11.5 Å². The third-order valence-corrected chi connectivity index (χ3v) is 3.22. The first-order valence-corrected chi connectivity index (χ1v) is 6.39. The molecule has 96 valence electrons. The maximum atomic E-state index is 5.76. The van der Waals surface area contributed by atoms with E-state index in [1.165, 1.54) is 5.56 Å². The summed E-state index contributed by atoms with van der Waals surface area (Å²) in [6.45, 7) is 5.03. The van der Waals surface area contributed by atoms with Crippen molar-refractivity contribution in [3.05, 3.63) is 42.0 Å². The van der Waals surface area contributed by atoms with Gasteiger partial charge in [0.1, 0.15) is 11.5 Å². The van der Waals surface area contributed by atoms with Crippen LogP contribution in [0.25, 0.3) is 22.6 Å². The quantitative estimate of drug-likeness (QED) is 0.762. The second-order valence-electron chi connectivity index (χ2n) is 4.62. The van der Waals surface area contributed by atoms with Crippen molar-refractivity contribution in [3.63, 3.8) is 0 Å². The Kier molecular flexibility index (Phi) is 2.71. The molecule has 2 heterocycles. The number of aromatic nitrogens is 3. The third-order valence-electron chi connectivity index (χ3n) is 3.22. The number of hydrogen-bond donors (Lipinski definition) is 1. The first-order chi connectivity index (χ1) is 9.19. The Bertz CT molecular complexity index is 743. The van der Waals surface area contributed by atoms with Crippen LogP contribution < -0.4 is 5.73 Å². The third kappa shape index (κ3) is 1.95. The zero-order chi connectivity index (χ0) is 13.4. The average Bonchev–Trinajstić information content (AvgIpc) is 2.76. The number of aryl methyl sites for hydroxylation is 2. The molecule has 0 bridgehead atoms. The van der Waals surface area contributed by atoms with E-state index in [1.807, 2.05) is 12.1 Å². The summed E-state index contributed by atoms with van der Waals surface area (Å²) < 4.78 is 2.16. The van der Waals surface area contributed by atoms with Crippen molar-refractivity contribution in [1.82, 2.24) is 14.5 Å². The predicted molar refractivity (Wildman–Crippen MR) is 77.8 cm³/mol. The van der Waals surface area contributed by atoms with Gasteiger partial charge in [0.25, 0.3) is 0 Å². The number of benzene rings is 1. The largest absolute Gasteiger partial charge is 0.384 e. The molecule has 0 unspecified atom stereocenters.